The number of piperidine rings is 1. The van der Waals surface area contributed by atoms with Crippen LogP contribution < -0.4 is 5.84 Å². The van der Waals surface area contributed by atoms with Crippen LogP contribution in [0.3, 0.4) is 0 Å². The van der Waals surface area contributed by atoms with E-state index in [4.69, 9.17) is 5.84 Å². The summed E-state index contributed by atoms with van der Waals surface area (Å²) in [6.07, 6.45) is 2.23. The highest BCUT2D eigenvalue weighted by molar-refractivity contribution is 5.86. The molecule has 0 spiro atoms. The summed E-state index contributed by atoms with van der Waals surface area (Å²) >= 11 is 0. The quantitative estimate of drug-likeness (QED) is 0.586. The maximum Gasteiger partial charge on any atom is 0.0516 e. The Labute approximate surface area is 90.6 Å². The van der Waals surface area contributed by atoms with E-state index in [1.54, 1.807) is 0 Å². The molecule has 0 bridgehead atoms. The number of nitrogens with two attached hydrogens (primary N) is 1. The van der Waals surface area contributed by atoms with Gasteiger partial charge in [-0.1, -0.05) is 30.3 Å². The lowest BCUT2D eigenvalue weighted by Crippen LogP contribution is -2.35. The molecule has 0 atom stereocenters. The highest BCUT2D eigenvalue weighted by Gasteiger charge is 2.14. The lowest BCUT2D eigenvalue weighted by molar-refractivity contribution is 0.283. The Hall–Kier alpha value is -1.35. The third-order valence-corrected chi connectivity index (χ3v) is 2.78. The molecule has 3 heteroatoms. The van der Waals surface area contributed by atoms with Crippen molar-refractivity contribution in [3.63, 3.8) is 0 Å². The Morgan fingerprint density at radius 3 is 2.80 bits per heavy atom. The summed E-state index contributed by atoms with van der Waals surface area (Å²) in [7, 11) is 0. The maximum absolute atomic E-state index is 5.32. The maximum atomic E-state index is 5.32. The molecule has 15 heavy (non-hydrogen) atoms. The highest BCUT2D eigenvalue weighted by atomic mass is 15.2. The summed E-state index contributed by atoms with van der Waals surface area (Å²) in [5.74, 6) is 5.32. The molecule has 1 aromatic carbocycles. The van der Waals surface area contributed by atoms with Gasteiger partial charge in [-0.3, -0.25) is 4.90 Å². The molecule has 0 aromatic heterocycles. The van der Waals surface area contributed by atoms with Gasteiger partial charge in [-0.2, -0.15) is 5.10 Å². The van der Waals surface area contributed by atoms with E-state index in [1.165, 1.54) is 12.0 Å². The molecule has 3 nitrogen and oxygen atoms in total. The van der Waals surface area contributed by atoms with E-state index >= 15 is 0 Å². The largest absolute Gasteiger partial charge is 0.323 e. The fraction of sp³-hybridized carbons (Fsp3) is 0.417. The second-order valence-electron chi connectivity index (χ2n) is 4.00. The SMILES string of the molecule is N/N=C1/CCCN(Cc2ccccc2)C1. The van der Waals surface area contributed by atoms with Crippen LogP contribution in [0.4, 0.5) is 0 Å². The number of rotatable bonds is 2. The molecular formula is C12H17N3. The van der Waals surface area contributed by atoms with Gasteiger partial charge in [-0.25, -0.2) is 0 Å². The van der Waals surface area contributed by atoms with E-state index < -0.39 is 0 Å². The molecule has 0 unspecified atom stereocenters. The lowest BCUT2D eigenvalue weighted by atomic mass is 10.1. The average Bonchev–Trinajstić information content (AvgIpc) is 2.31. The standard InChI is InChI=1S/C12H17N3/c13-14-12-7-4-8-15(10-12)9-11-5-2-1-3-6-11/h1-3,5-6H,4,7-10,13H2/b14-12-. The second-order valence-corrected chi connectivity index (χ2v) is 4.00. The minimum Gasteiger partial charge on any atom is -0.323 e. The zero-order valence-corrected chi connectivity index (χ0v) is 8.89. The smallest absolute Gasteiger partial charge is 0.0516 e. The van der Waals surface area contributed by atoms with Crippen LogP contribution in [0.25, 0.3) is 0 Å². The van der Waals surface area contributed by atoms with Gasteiger partial charge in [-0.15, -0.1) is 0 Å². The topological polar surface area (TPSA) is 41.6 Å². The van der Waals surface area contributed by atoms with Crippen molar-refractivity contribution >= 4 is 5.71 Å². The van der Waals surface area contributed by atoms with Gasteiger partial charge >= 0.3 is 0 Å². The monoisotopic (exact) mass is 203 g/mol. The van der Waals surface area contributed by atoms with Crippen LogP contribution in [0.15, 0.2) is 35.4 Å². The Morgan fingerprint density at radius 1 is 1.27 bits per heavy atom. The summed E-state index contributed by atoms with van der Waals surface area (Å²) in [6.45, 7) is 3.07. The van der Waals surface area contributed by atoms with E-state index in [0.29, 0.717) is 0 Å². The van der Waals surface area contributed by atoms with Gasteiger partial charge < -0.3 is 5.84 Å². The fourth-order valence-electron chi connectivity index (χ4n) is 2.00. The van der Waals surface area contributed by atoms with Crippen molar-refractivity contribution in [2.24, 2.45) is 10.9 Å². The van der Waals surface area contributed by atoms with Crippen LogP contribution in [-0.4, -0.2) is 23.7 Å². The second kappa shape index (κ2) is 4.94. The Bertz CT molecular complexity index is 332. The molecule has 0 saturated carbocycles. The summed E-state index contributed by atoms with van der Waals surface area (Å²) in [4.78, 5) is 2.39. The molecule has 1 fully saturated rings. The van der Waals surface area contributed by atoms with E-state index in [0.717, 1.165) is 31.8 Å². The zero-order valence-electron chi connectivity index (χ0n) is 8.89. The number of hydrogen-bond acceptors (Lipinski definition) is 3. The number of hydrazone groups is 1. The Balaban J connectivity index is 1.95. The summed E-state index contributed by atoms with van der Waals surface area (Å²) in [5.41, 5.74) is 2.48. The molecule has 80 valence electrons. The van der Waals surface area contributed by atoms with Crippen LogP contribution in [0.5, 0.6) is 0 Å². The number of hydrogen-bond donors (Lipinski definition) is 1. The van der Waals surface area contributed by atoms with Crippen molar-refractivity contribution in [2.75, 3.05) is 13.1 Å². The molecule has 1 saturated heterocycles. The highest BCUT2D eigenvalue weighted by Crippen LogP contribution is 2.11. The van der Waals surface area contributed by atoms with Crippen LogP contribution in [0.1, 0.15) is 18.4 Å². The van der Waals surface area contributed by atoms with Gasteiger partial charge in [0.15, 0.2) is 0 Å². The molecular weight excluding hydrogens is 186 g/mol. The van der Waals surface area contributed by atoms with Crippen molar-refractivity contribution in [2.45, 2.75) is 19.4 Å². The number of benzene rings is 1. The van der Waals surface area contributed by atoms with Crippen molar-refractivity contribution in [1.82, 2.24) is 4.90 Å². The van der Waals surface area contributed by atoms with Gasteiger partial charge in [0, 0.05) is 13.1 Å². The minimum atomic E-state index is 0.922. The summed E-state index contributed by atoms with van der Waals surface area (Å²) in [5, 5.41) is 3.81. The van der Waals surface area contributed by atoms with Crippen molar-refractivity contribution in [1.29, 1.82) is 0 Å². The van der Waals surface area contributed by atoms with Crippen molar-refractivity contribution in [3.05, 3.63) is 35.9 Å². The van der Waals surface area contributed by atoms with Crippen LogP contribution in [0, 0.1) is 0 Å². The first-order valence-electron chi connectivity index (χ1n) is 5.40. The molecule has 0 radical (unpaired) electrons. The van der Waals surface area contributed by atoms with Gasteiger partial charge in [0.25, 0.3) is 0 Å². The predicted molar refractivity (Wildman–Crippen MR) is 62.6 cm³/mol. The van der Waals surface area contributed by atoms with Crippen molar-refractivity contribution < 1.29 is 0 Å². The van der Waals surface area contributed by atoms with Gasteiger partial charge in [-0.05, 0) is 24.9 Å². The third-order valence-electron chi connectivity index (χ3n) is 2.78. The van der Waals surface area contributed by atoms with Crippen LogP contribution in [0.2, 0.25) is 0 Å². The molecule has 1 aliphatic rings. The number of nitrogens with zero attached hydrogens (tertiary/aromatic N) is 2. The third kappa shape index (κ3) is 2.80. The predicted octanol–water partition coefficient (Wildman–Crippen LogP) is 1.60. The van der Waals surface area contributed by atoms with Crippen molar-refractivity contribution in [3.8, 4) is 0 Å². The first-order valence-corrected chi connectivity index (χ1v) is 5.40. The molecule has 2 rings (SSSR count). The van der Waals surface area contributed by atoms with Crippen LogP contribution >= 0.6 is 0 Å². The molecule has 1 heterocycles. The van der Waals surface area contributed by atoms with E-state index in [2.05, 4.69) is 34.3 Å². The normalized spacial score (nSPS) is 20.7. The lowest BCUT2D eigenvalue weighted by Gasteiger charge is -2.27. The first-order chi connectivity index (χ1) is 7.38. The van der Waals surface area contributed by atoms with Crippen LogP contribution in [-0.2, 0) is 6.54 Å². The molecule has 1 aromatic rings. The molecule has 0 aliphatic carbocycles. The average molecular weight is 203 g/mol. The van der Waals surface area contributed by atoms with Gasteiger partial charge in [0.2, 0.25) is 0 Å². The summed E-state index contributed by atoms with van der Waals surface area (Å²) in [6, 6.07) is 10.5. The summed E-state index contributed by atoms with van der Waals surface area (Å²) < 4.78 is 0. The zero-order chi connectivity index (χ0) is 10.5. The van der Waals surface area contributed by atoms with E-state index in [-0.39, 0.29) is 0 Å². The Morgan fingerprint density at radius 2 is 2.07 bits per heavy atom. The minimum absolute atomic E-state index is 0.922. The van der Waals surface area contributed by atoms with Gasteiger partial charge in [0.05, 0.1) is 5.71 Å². The molecule has 0 amide bonds. The molecule has 1 aliphatic heterocycles. The first kappa shape index (κ1) is 10.2. The van der Waals surface area contributed by atoms with E-state index in [1.807, 2.05) is 6.07 Å². The van der Waals surface area contributed by atoms with Gasteiger partial charge in [0.1, 0.15) is 0 Å². The van der Waals surface area contributed by atoms with E-state index in [9.17, 15) is 0 Å². The number of likely N-dealkylation sites (tertiary alicyclic amines) is 1. The Kier molecular flexibility index (Phi) is 3.35. The fourth-order valence-corrected chi connectivity index (χ4v) is 2.00. The molecule has 2 N–H and O–H groups in total.